The third-order valence-electron chi connectivity index (χ3n) is 4.50. The van der Waals surface area contributed by atoms with Gasteiger partial charge in [0, 0.05) is 13.0 Å². The highest BCUT2D eigenvalue weighted by Crippen LogP contribution is 2.30. The summed E-state index contributed by atoms with van der Waals surface area (Å²) < 4.78 is 13.7. The number of hydrogen-bond acceptors (Lipinski definition) is 6. The summed E-state index contributed by atoms with van der Waals surface area (Å²) in [6.45, 7) is 1.80. The smallest absolute Gasteiger partial charge is 0.230 e. The minimum absolute atomic E-state index is 0.0385. The van der Waals surface area contributed by atoms with E-state index in [1.165, 1.54) is 18.2 Å². The Bertz CT molecular complexity index is 780. The van der Waals surface area contributed by atoms with Crippen LogP contribution in [0.1, 0.15) is 25.1 Å². The number of nitrogens with one attached hydrogen (secondary N) is 1. The lowest BCUT2D eigenvalue weighted by Gasteiger charge is -2.26. The van der Waals surface area contributed by atoms with Crippen molar-refractivity contribution in [2.24, 2.45) is 0 Å². The molecule has 0 spiro atoms. The molecule has 8 heteroatoms. The molecule has 0 bridgehead atoms. The average Bonchev–Trinajstić information content (AvgIpc) is 2.90. The summed E-state index contributed by atoms with van der Waals surface area (Å²) in [5.74, 6) is 2.79. The molecule has 2 aliphatic rings. The number of hydrogen-bond donors (Lipinski definition) is 1. The van der Waals surface area contributed by atoms with E-state index >= 15 is 0 Å². The van der Waals surface area contributed by atoms with Crippen LogP contribution in [0, 0.1) is 0 Å². The quantitative estimate of drug-likeness (QED) is 0.807. The summed E-state index contributed by atoms with van der Waals surface area (Å²) in [5, 5.41) is 12.2. The van der Waals surface area contributed by atoms with E-state index in [9.17, 15) is 4.79 Å². The van der Waals surface area contributed by atoms with Crippen molar-refractivity contribution in [2.75, 3.05) is 18.9 Å². The summed E-state index contributed by atoms with van der Waals surface area (Å²) in [7, 11) is 0. The first-order chi connectivity index (χ1) is 12.8. The first-order valence-corrected chi connectivity index (χ1v) is 9.98. The third kappa shape index (κ3) is 3.95. The van der Waals surface area contributed by atoms with Gasteiger partial charge in [-0.2, -0.15) is 0 Å². The molecule has 1 N–H and O–H groups in total. The van der Waals surface area contributed by atoms with E-state index in [0.29, 0.717) is 18.9 Å². The van der Waals surface area contributed by atoms with Crippen LogP contribution in [0.2, 0.25) is 0 Å². The van der Waals surface area contributed by atoms with Crippen molar-refractivity contribution >= 4 is 17.7 Å². The molecule has 0 saturated carbocycles. The molecule has 1 aromatic heterocycles. The Morgan fingerprint density at radius 1 is 1.23 bits per heavy atom. The maximum atomic E-state index is 12.2. The zero-order chi connectivity index (χ0) is 17.8. The summed E-state index contributed by atoms with van der Waals surface area (Å²) in [4.78, 5) is 12.2. The van der Waals surface area contributed by atoms with Gasteiger partial charge in [-0.3, -0.25) is 4.79 Å². The van der Waals surface area contributed by atoms with Crippen molar-refractivity contribution in [3.05, 3.63) is 30.1 Å². The maximum Gasteiger partial charge on any atom is 0.230 e. The highest BCUT2D eigenvalue weighted by Gasteiger charge is 2.21. The Kier molecular flexibility index (Phi) is 5.29. The summed E-state index contributed by atoms with van der Waals surface area (Å²) in [6, 6.07) is 7.56. The number of thioether (sulfide) groups is 1. The Morgan fingerprint density at radius 2 is 2.12 bits per heavy atom. The monoisotopic (exact) mass is 374 g/mol. The van der Waals surface area contributed by atoms with Crippen LogP contribution in [-0.2, 0) is 17.8 Å². The SMILES string of the molecule is O=C(CSc1nnc2n1CCCCC2)NC[C@H]1COc2ccccc2O1. The molecule has 26 heavy (non-hydrogen) atoms. The Hall–Kier alpha value is -2.22. The van der Waals surface area contributed by atoms with Crippen molar-refractivity contribution in [3.8, 4) is 11.5 Å². The number of amides is 1. The van der Waals surface area contributed by atoms with Crippen molar-refractivity contribution < 1.29 is 14.3 Å². The highest BCUT2D eigenvalue weighted by molar-refractivity contribution is 7.99. The minimum Gasteiger partial charge on any atom is -0.486 e. The van der Waals surface area contributed by atoms with Crippen LogP contribution in [0.25, 0.3) is 0 Å². The van der Waals surface area contributed by atoms with Crippen LogP contribution < -0.4 is 14.8 Å². The Balaban J connectivity index is 1.25. The lowest BCUT2D eigenvalue weighted by molar-refractivity contribution is -0.119. The molecule has 0 aliphatic carbocycles. The van der Waals surface area contributed by atoms with Crippen LogP contribution in [-0.4, -0.2) is 45.7 Å². The summed E-state index contributed by atoms with van der Waals surface area (Å²) in [5.41, 5.74) is 0. The van der Waals surface area contributed by atoms with E-state index in [2.05, 4.69) is 20.1 Å². The van der Waals surface area contributed by atoms with Gasteiger partial charge in [-0.25, -0.2) is 0 Å². The van der Waals surface area contributed by atoms with Gasteiger partial charge in [-0.05, 0) is 25.0 Å². The molecule has 0 unspecified atom stereocenters. The fraction of sp³-hybridized carbons (Fsp3) is 0.500. The zero-order valence-corrected chi connectivity index (χ0v) is 15.3. The number of ether oxygens (including phenoxy) is 2. The van der Waals surface area contributed by atoms with E-state index in [0.717, 1.165) is 48.3 Å². The number of nitrogens with zero attached hydrogens (tertiary/aromatic N) is 3. The molecule has 7 nitrogen and oxygen atoms in total. The van der Waals surface area contributed by atoms with Gasteiger partial charge < -0.3 is 19.4 Å². The number of carbonyl (C=O) groups excluding carboxylic acids is 1. The molecule has 1 aromatic carbocycles. The Labute approximate surface area is 156 Å². The average molecular weight is 374 g/mol. The van der Waals surface area contributed by atoms with Gasteiger partial charge in [0.15, 0.2) is 16.7 Å². The number of aryl methyl sites for hydroxylation is 1. The number of carbonyl (C=O) groups is 1. The minimum atomic E-state index is -0.178. The van der Waals surface area contributed by atoms with Crippen molar-refractivity contribution in [3.63, 3.8) is 0 Å². The predicted molar refractivity (Wildman–Crippen MR) is 97.7 cm³/mol. The molecule has 138 valence electrons. The van der Waals surface area contributed by atoms with Gasteiger partial charge in [-0.15, -0.1) is 10.2 Å². The second kappa shape index (κ2) is 7.99. The molecule has 3 heterocycles. The summed E-state index contributed by atoms with van der Waals surface area (Å²) in [6.07, 6.45) is 4.32. The van der Waals surface area contributed by atoms with Gasteiger partial charge in [0.25, 0.3) is 0 Å². The van der Waals surface area contributed by atoms with Crippen LogP contribution in [0.5, 0.6) is 11.5 Å². The molecular formula is C18H22N4O3S. The van der Waals surface area contributed by atoms with Crippen LogP contribution in [0.4, 0.5) is 0 Å². The normalized spacial score (nSPS) is 18.7. The first kappa shape index (κ1) is 17.2. The number of para-hydroxylation sites is 2. The van der Waals surface area contributed by atoms with Crippen molar-refractivity contribution in [1.29, 1.82) is 0 Å². The lowest BCUT2D eigenvalue weighted by atomic mass is 10.2. The second-order valence-electron chi connectivity index (χ2n) is 6.45. The van der Waals surface area contributed by atoms with Crippen LogP contribution >= 0.6 is 11.8 Å². The zero-order valence-electron chi connectivity index (χ0n) is 14.5. The fourth-order valence-electron chi connectivity index (χ4n) is 3.14. The number of aromatic nitrogens is 3. The number of benzene rings is 1. The molecule has 1 amide bonds. The number of rotatable bonds is 5. The molecule has 0 fully saturated rings. The molecule has 0 saturated heterocycles. The van der Waals surface area contributed by atoms with Crippen LogP contribution in [0.3, 0.4) is 0 Å². The lowest BCUT2D eigenvalue weighted by Crippen LogP contribution is -2.41. The highest BCUT2D eigenvalue weighted by atomic mass is 32.2. The van der Waals surface area contributed by atoms with Gasteiger partial charge in [0.1, 0.15) is 18.5 Å². The molecule has 4 rings (SSSR count). The van der Waals surface area contributed by atoms with Gasteiger partial charge in [-0.1, -0.05) is 30.3 Å². The van der Waals surface area contributed by atoms with Gasteiger partial charge in [0.05, 0.1) is 12.3 Å². The van der Waals surface area contributed by atoms with E-state index in [4.69, 9.17) is 9.47 Å². The second-order valence-corrected chi connectivity index (χ2v) is 7.39. The summed E-state index contributed by atoms with van der Waals surface area (Å²) >= 11 is 1.44. The molecule has 0 radical (unpaired) electrons. The largest absolute Gasteiger partial charge is 0.486 e. The predicted octanol–water partition coefficient (Wildman–Crippen LogP) is 2.05. The van der Waals surface area contributed by atoms with Crippen LogP contribution in [0.15, 0.2) is 29.4 Å². The number of fused-ring (bicyclic) bond motifs is 2. The topological polar surface area (TPSA) is 78.3 Å². The molecule has 1 atom stereocenters. The van der Waals surface area contributed by atoms with E-state index in [-0.39, 0.29) is 12.0 Å². The Morgan fingerprint density at radius 3 is 3.04 bits per heavy atom. The molecule has 2 aromatic rings. The van der Waals surface area contributed by atoms with E-state index in [1.54, 1.807) is 0 Å². The van der Waals surface area contributed by atoms with E-state index < -0.39 is 0 Å². The van der Waals surface area contributed by atoms with Crippen molar-refractivity contribution in [2.45, 2.75) is 43.5 Å². The van der Waals surface area contributed by atoms with Gasteiger partial charge >= 0.3 is 0 Å². The molecular weight excluding hydrogens is 352 g/mol. The van der Waals surface area contributed by atoms with Gasteiger partial charge in [0.2, 0.25) is 5.91 Å². The maximum absolute atomic E-state index is 12.2. The third-order valence-corrected chi connectivity index (χ3v) is 5.47. The fourth-order valence-corrected chi connectivity index (χ4v) is 3.95. The van der Waals surface area contributed by atoms with E-state index in [1.807, 2.05) is 24.3 Å². The molecule has 2 aliphatic heterocycles. The van der Waals surface area contributed by atoms with Crippen molar-refractivity contribution in [1.82, 2.24) is 20.1 Å². The first-order valence-electron chi connectivity index (χ1n) is 8.99. The standard InChI is InChI=1S/C18H22N4O3S/c23-17(12-26-18-21-20-16-8-2-1-5-9-22(16)18)19-10-13-11-24-14-6-3-4-7-15(14)25-13/h3-4,6-7,13H,1-2,5,8-12H2,(H,19,23)/t13-/m0/s1.